The third-order valence-electron chi connectivity index (χ3n) is 2.19. The Morgan fingerprint density at radius 1 is 1.31 bits per heavy atom. The summed E-state index contributed by atoms with van der Waals surface area (Å²) in [6, 6.07) is 7.85. The number of carbonyl (C=O) groups excluding carboxylic acids is 1. The van der Waals surface area contributed by atoms with Crippen LogP contribution in [0.5, 0.6) is 0 Å². The number of aldehydes is 1. The molecular weight excluding hydrogens is 162 g/mol. The van der Waals surface area contributed by atoms with E-state index in [1.54, 1.807) is 0 Å². The highest BCUT2D eigenvalue weighted by Crippen LogP contribution is 2.27. The lowest BCUT2D eigenvalue weighted by atomic mass is 9.85. The summed E-state index contributed by atoms with van der Waals surface area (Å²) in [5.74, 6) is 0. The first-order valence-corrected chi connectivity index (χ1v) is 4.35. The third-order valence-corrected chi connectivity index (χ3v) is 2.19. The quantitative estimate of drug-likeness (QED) is 0.717. The van der Waals surface area contributed by atoms with E-state index in [4.69, 9.17) is 0 Å². The Labute approximate surface area is 79.0 Å². The van der Waals surface area contributed by atoms with Gasteiger partial charge < -0.3 is 10.1 Å². The van der Waals surface area contributed by atoms with Gasteiger partial charge in [0.25, 0.3) is 0 Å². The summed E-state index contributed by atoms with van der Waals surface area (Å²) in [6.45, 7) is 3.83. The Kier molecular flexibility index (Phi) is 2.71. The van der Waals surface area contributed by atoms with Crippen molar-refractivity contribution in [3.05, 3.63) is 29.8 Å². The molecule has 70 valence electrons. The van der Waals surface area contributed by atoms with Crippen molar-refractivity contribution in [2.75, 3.05) is 12.4 Å². The number of hydrogen-bond acceptors (Lipinski definition) is 2. The fraction of sp³-hybridized carbons (Fsp3) is 0.364. The Bertz CT molecular complexity index is 305. The van der Waals surface area contributed by atoms with Crippen LogP contribution in [0.1, 0.15) is 19.4 Å². The molecule has 0 spiro atoms. The van der Waals surface area contributed by atoms with Crippen molar-refractivity contribution in [1.82, 2.24) is 0 Å². The van der Waals surface area contributed by atoms with Crippen molar-refractivity contribution in [3.63, 3.8) is 0 Å². The van der Waals surface area contributed by atoms with Gasteiger partial charge in [0.1, 0.15) is 6.29 Å². The van der Waals surface area contributed by atoms with Gasteiger partial charge in [0.05, 0.1) is 0 Å². The molecule has 0 aliphatic heterocycles. The standard InChI is InChI=1S/C11H15NO/c1-11(2,8-13)9-6-4-5-7-10(9)12-3/h4-8,12H,1-3H3. The van der Waals surface area contributed by atoms with Crippen LogP contribution in [0.3, 0.4) is 0 Å². The number of hydrogen-bond donors (Lipinski definition) is 1. The third kappa shape index (κ3) is 1.89. The van der Waals surface area contributed by atoms with E-state index in [0.29, 0.717) is 0 Å². The maximum absolute atomic E-state index is 10.9. The summed E-state index contributed by atoms with van der Waals surface area (Å²) in [5, 5.41) is 3.08. The van der Waals surface area contributed by atoms with Crippen LogP contribution < -0.4 is 5.32 Å². The molecule has 0 aliphatic rings. The normalized spacial score (nSPS) is 11.0. The molecule has 13 heavy (non-hydrogen) atoms. The molecule has 0 unspecified atom stereocenters. The predicted octanol–water partition coefficient (Wildman–Crippen LogP) is 2.20. The van der Waals surface area contributed by atoms with Crippen molar-refractivity contribution in [2.24, 2.45) is 0 Å². The van der Waals surface area contributed by atoms with Gasteiger partial charge in [0.2, 0.25) is 0 Å². The van der Waals surface area contributed by atoms with Crippen LogP contribution in [0.2, 0.25) is 0 Å². The number of nitrogens with one attached hydrogen (secondary N) is 1. The topological polar surface area (TPSA) is 29.1 Å². The van der Waals surface area contributed by atoms with E-state index in [2.05, 4.69) is 5.32 Å². The second kappa shape index (κ2) is 3.60. The van der Waals surface area contributed by atoms with Crippen molar-refractivity contribution in [2.45, 2.75) is 19.3 Å². The van der Waals surface area contributed by atoms with Gasteiger partial charge in [0.15, 0.2) is 0 Å². The average molecular weight is 177 g/mol. The summed E-state index contributed by atoms with van der Waals surface area (Å²) in [5.41, 5.74) is 1.63. The van der Waals surface area contributed by atoms with Gasteiger partial charge >= 0.3 is 0 Å². The van der Waals surface area contributed by atoms with Crippen LogP contribution in [-0.2, 0) is 10.2 Å². The van der Waals surface area contributed by atoms with E-state index >= 15 is 0 Å². The minimum absolute atomic E-state index is 0.417. The summed E-state index contributed by atoms with van der Waals surface area (Å²) in [7, 11) is 1.86. The number of anilines is 1. The number of rotatable bonds is 3. The molecule has 1 rings (SSSR count). The molecule has 0 aliphatic carbocycles. The van der Waals surface area contributed by atoms with Crippen molar-refractivity contribution in [3.8, 4) is 0 Å². The molecule has 0 fully saturated rings. The van der Waals surface area contributed by atoms with E-state index in [0.717, 1.165) is 17.5 Å². The van der Waals surface area contributed by atoms with E-state index < -0.39 is 5.41 Å². The van der Waals surface area contributed by atoms with E-state index in [-0.39, 0.29) is 0 Å². The predicted molar refractivity (Wildman–Crippen MR) is 55.1 cm³/mol. The molecule has 0 amide bonds. The first kappa shape index (κ1) is 9.78. The van der Waals surface area contributed by atoms with Crippen LogP contribution in [0.25, 0.3) is 0 Å². The van der Waals surface area contributed by atoms with Gasteiger partial charge in [-0.3, -0.25) is 0 Å². The lowest BCUT2D eigenvalue weighted by Crippen LogP contribution is -2.20. The molecule has 1 aromatic rings. The van der Waals surface area contributed by atoms with Crippen LogP contribution in [0.15, 0.2) is 24.3 Å². The zero-order chi connectivity index (χ0) is 9.90. The van der Waals surface area contributed by atoms with Crippen LogP contribution >= 0.6 is 0 Å². The summed E-state index contributed by atoms with van der Waals surface area (Å²) in [4.78, 5) is 10.9. The molecule has 1 aromatic carbocycles. The highest BCUT2D eigenvalue weighted by molar-refractivity contribution is 5.72. The zero-order valence-electron chi connectivity index (χ0n) is 8.29. The SMILES string of the molecule is CNc1ccccc1C(C)(C)C=O. The zero-order valence-corrected chi connectivity index (χ0v) is 8.29. The van der Waals surface area contributed by atoms with E-state index in [9.17, 15) is 4.79 Å². The Morgan fingerprint density at radius 2 is 1.92 bits per heavy atom. The molecule has 0 saturated heterocycles. The largest absolute Gasteiger partial charge is 0.388 e. The summed E-state index contributed by atoms with van der Waals surface area (Å²) >= 11 is 0. The number of carbonyl (C=O) groups is 1. The van der Waals surface area contributed by atoms with Gasteiger partial charge in [-0.2, -0.15) is 0 Å². The van der Waals surface area contributed by atoms with Crippen molar-refractivity contribution < 1.29 is 4.79 Å². The Morgan fingerprint density at radius 3 is 2.46 bits per heavy atom. The van der Waals surface area contributed by atoms with Crippen molar-refractivity contribution in [1.29, 1.82) is 0 Å². The Hall–Kier alpha value is -1.31. The average Bonchev–Trinajstić information content (AvgIpc) is 2.18. The molecule has 1 N–H and O–H groups in total. The lowest BCUT2D eigenvalue weighted by Gasteiger charge is -2.20. The van der Waals surface area contributed by atoms with Gasteiger partial charge in [-0.15, -0.1) is 0 Å². The molecule has 2 heteroatoms. The fourth-order valence-electron chi connectivity index (χ4n) is 1.33. The first-order chi connectivity index (χ1) is 6.11. The minimum Gasteiger partial charge on any atom is -0.388 e. The highest BCUT2D eigenvalue weighted by Gasteiger charge is 2.21. The molecule has 0 heterocycles. The maximum Gasteiger partial charge on any atom is 0.130 e. The smallest absolute Gasteiger partial charge is 0.130 e. The lowest BCUT2D eigenvalue weighted by molar-refractivity contribution is -0.111. The first-order valence-electron chi connectivity index (χ1n) is 4.35. The maximum atomic E-state index is 10.9. The molecular formula is C11H15NO. The fourth-order valence-corrected chi connectivity index (χ4v) is 1.33. The Balaban J connectivity index is 3.20. The molecule has 0 aromatic heterocycles. The summed E-state index contributed by atoms with van der Waals surface area (Å²) in [6.07, 6.45) is 0.975. The van der Waals surface area contributed by atoms with Crippen molar-refractivity contribution >= 4 is 12.0 Å². The molecule has 0 bridgehead atoms. The van der Waals surface area contributed by atoms with Crippen LogP contribution in [-0.4, -0.2) is 13.3 Å². The minimum atomic E-state index is -0.417. The molecule has 0 saturated carbocycles. The molecule has 0 radical (unpaired) electrons. The van der Waals surface area contributed by atoms with Gasteiger partial charge in [0, 0.05) is 18.2 Å². The second-order valence-corrected chi connectivity index (χ2v) is 3.64. The monoisotopic (exact) mass is 177 g/mol. The van der Waals surface area contributed by atoms with E-state index in [1.165, 1.54) is 0 Å². The van der Waals surface area contributed by atoms with Gasteiger partial charge in [-0.25, -0.2) is 0 Å². The number of para-hydroxylation sites is 1. The second-order valence-electron chi connectivity index (χ2n) is 3.64. The highest BCUT2D eigenvalue weighted by atomic mass is 16.1. The van der Waals surface area contributed by atoms with Gasteiger partial charge in [-0.05, 0) is 25.5 Å². The van der Waals surface area contributed by atoms with E-state index in [1.807, 2.05) is 45.2 Å². The number of benzene rings is 1. The summed E-state index contributed by atoms with van der Waals surface area (Å²) < 4.78 is 0. The van der Waals surface area contributed by atoms with Crippen LogP contribution in [0.4, 0.5) is 5.69 Å². The van der Waals surface area contributed by atoms with Gasteiger partial charge in [-0.1, -0.05) is 18.2 Å². The van der Waals surface area contributed by atoms with Crippen LogP contribution in [0, 0.1) is 0 Å². The molecule has 2 nitrogen and oxygen atoms in total. The molecule has 0 atom stereocenters.